The van der Waals surface area contributed by atoms with E-state index in [9.17, 15) is 17.7 Å². The highest BCUT2D eigenvalue weighted by atomic mass is 32.2. The molecule has 0 aromatic carbocycles. The third kappa shape index (κ3) is 4.23. The van der Waals surface area contributed by atoms with Gasteiger partial charge in [0.1, 0.15) is 28.9 Å². The van der Waals surface area contributed by atoms with Gasteiger partial charge in [-0.05, 0) is 32.9 Å². The summed E-state index contributed by atoms with van der Waals surface area (Å²) in [5.41, 5.74) is 0.848. The first-order valence-electron chi connectivity index (χ1n) is 6.54. The summed E-state index contributed by atoms with van der Waals surface area (Å²) in [6, 6.07) is 3.20. The predicted octanol–water partition coefficient (Wildman–Crippen LogP) is 3.48. The molecule has 0 fully saturated rings. The van der Waals surface area contributed by atoms with Gasteiger partial charge in [0.05, 0.1) is 17.4 Å². The van der Waals surface area contributed by atoms with Crippen molar-refractivity contribution in [1.29, 1.82) is 0 Å². The molecule has 2 rings (SSSR count). The lowest BCUT2D eigenvalue weighted by molar-refractivity contribution is -0.139. The molecule has 0 aliphatic rings. The molecule has 0 radical (unpaired) electrons. The highest BCUT2D eigenvalue weighted by Gasteiger charge is 2.28. The van der Waals surface area contributed by atoms with Gasteiger partial charge < -0.3 is 9.12 Å². The molecule has 120 valence electrons. The standard InChI is InChI=1S/C14H16F3N3OS/c1-13(2,3)22(21)19-7-11-6-10-4-5-20(9-14(15,16)17)12(10)8-18-11/h4-8H,9H2,1-3H3. The monoisotopic (exact) mass is 331 g/mol. The molecule has 1 atom stereocenters. The van der Waals surface area contributed by atoms with Crippen molar-refractivity contribution in [3.63, 3.8) is 0 Å². The van der Waals surface area contributed by atoms with E-state index in [2.05, 4.69) is 9.38 Å². The largest absolute Gasteiger partial charge is 0.591 e. The number of fused-ring (bicyclic) bond motifs is 1. The zero-order chi connectivity index (χ0) is 16.5. The molecule has 0 aliphatic heterocycles. The summed E-state index contributed by atoms with van der Waals surface area (Å²) in [6.07, 6.45) is -0.173. The highest BCUT2D eigenvalue weighted by molar-refractivity contribution is 7.91. The lowest BCUT2D eigenvalue weighted by Gasteiger charge is -2.17. The van der Waals surface area contributed by atoms with E-state index in [0.29, 0.717) is 16.6 Å². The Kier molecular flexibility index (Phi) is 4.53. The number of hydrogen-bond donors (Lipinski definition) is 0. The van der Waals surface area contributed by atoms with E-state index in [1.807, 2.05) is 0 Å². The van der Waals surface area contributed by atoms with Crippen LogP contribution in [0, 0.1) is 0 Å². The molecule has 0 N–H and O–H groups in total. The van der Waals surface area contributed by atoms with Gasteiger partial charge in [-0.3, -0.25) is 4.98 Å². The normalized spacial score (nSPS) is 14.9. The van der Waals surface area contributed by atoms with Crippen LogP contribution in [-0.2, 0) is 17.9 Å². The van der Waals surface area contributed by atoms with Gasteiger partial charge in [0.2, 0.25) is 0 Å². The summed E-state index contributed by atoms with van der Waals surface area (Å²) in [6.45, 7) is 4.34. The fraction of sp³-hybridized carbons (Fsp3) is 0.429. The van der Waals surface area contributed by atoms with Gasteiger partial charge in [-0.25, -0.2) is 0 Å². The second-order valence-electron chi connectivity index (χ2n) is 5.82. The molecular formula is C14H16F3N3OS. The van der Waals surface area contributed by atoms with Crippen molar-refractivity contribution in [2.45, 2.75) is 38.2 Å². The summed E-state index contributed by atoms with van der Waals surface area (Å²) in [4.78, 5) is 4.05. The van der Waals surface area contributed by atoms with E-state index in [-0.39, 0.29) is 0 Å². The molecule has 0 aliphatic carbocycles. The van der Waals surface area contributed by atoms with Crippen LogP contribution >= 0.6 is 0 Å². The van der Waals surface area contributed by atoms with Crippen LogP contribution in [0.1, 0.15) is 26.5 Å². The van der Waals surface area contributed by atoms with Gasteiger partial charge >= 0.3 is 6.18 Å². The molecule has 2 aromatic heterocycles. The Labute approximate surface area is 129 Å². The summed E-state index contributed by atoms with van der Waals surface area (Å²) in [7, 11) is 0. The van der Waals surface area contributed by atoms with Crippen LogP contribution in [0.3, 0.4) is 0 Å². The maximum Gasteiger partial charge on any atom is 0.406 e. The number of halogens is 3. The van der Waals surface area contributed by atoms with Crippen LogP contribution in [0.5, 0.6) is 0 Å². The van der Waals surface area contributed by atoms with Crippen LogP contribution in [-0.4, -0.2) is 31.2 Å². The average molecular weight is 331 g/mol. The van der Waals surface area contributed by atoms with Crippen LogP contribution in [0.4, 0.5) is 13.2 Å². The SMILES string of the molecule is CC(C)(C)[S+]([O-])N=Cc1cc2ccn(CC(F)(F)F)c2cn1. The van der Waals surface area contributed by atoms with Gasteiger partial charge in [0.25, 0.3) is 0 Å². The van der Waals surface area contributed by atoms with Gasteiger partial charge in [-0.1, -0.05) is 4.40 Å². The van der Waals surface area contributed by atoms with Crippen molar-refractivity contribution in [3.05, 3.63) is 30.2 Å². The molecule has 0 spiro atoms. The molecule has 0 amide bonds. The molecule has 1 unspecified atom stereocenters. The van der Waals surface area contributed by atoms with Crippen LogP contribution < -0.4 is 0 Å². The number of nitrogens with zero attached hydrogens (tertiary/aromatic N) is 3. The number of aromatic nitrogens is 2. The molecule has 0 saturated heterocycles. The van der Waals surface area contributed by atoms with Crippen LogP contribution in [0.15, 0.2) is 28.9 Å². The van der Waals surface area contributed by atoms with Crippen LogP contribution in [0.2, 0.25) is 0 Å². The van der Waals surface area contributed by atoms with Crippen molar-refractivity contribution >= 4 is 28.5 Å². The smallest absolute Gasteiger partial charge is 0.406 e. The second-order valence-corrected chi connectivity index (χ2v) is 7.76. The van der Waals surface area contributed by atoms with E-state index in [1.165, 1.54) is 18.6 Å². The number of rotatable bonds is 3. The Morgan fingerprint density at radius 2 is 2.05 bits per heavy atom. The Balaban J connectivity index is 2.24. The molecule has 0 saturated carbocycles. The topological polar surface area (TPSA) is 53.2 Å². The van der Waals surface area contributed by atoms with Crippen molar-refractivity contribution < 1.29 is 17.7 Å². The van der Waals surface area contributed by atoms with Gasteiger partial charge in [-0.15, -0.1) is 0 Å². The maximum absolute atomic E-state index is 12.5. The van der Waals surface area contributed by atoms with E-state index < -0.39 is 28.8 Å². The Hall–Kier alpha value is -1.54. The first kappa shape index (κ1) is 16.8. The minimum absolute atomic E-state index is 0.395. The molecular weight excluding hydrogens is 315 g/mol. The molecule has 0 bridgehead atoms. The highest BCUT2D eigenvalue weighted by Crippen LogP contribution is 2.23. The summed E-state index contributed by atoms with van der Waals surface area (Å²) in [5, 5.41) is 0.627. The first-order valence-corrected chi connectivity index (χ1v) is 7.65. The summed E-state index contributed by atoms with van der Waals surface area (Å²) in [5.74, 6) is 0. The Morgan fingerprint density at radius 3 is 2.64 bits per heavy atom. The Bertz CT molecular complexity index is 689. The lowest BCUT2D eigenvalue weighted by atomic mass is 10.3. The van der Waals surface area contributed by atoms with Crippen molar-refractivity contribution in [2.75, 3.05) is 0 Å². The molecule has 2 heterocycles. The number of hydrogen-bond acceptors (Lipinski definition) is 3. The van der Waals surface area contributed by atoms with E-state index in [1.54, 1.807) is 32.9 Å². The van der Waals surface area contributed by atoms with E-state index in [4.69, 9.17) is 0 Å². The summed E-state index contributed by atoms with van der Waals surface area (Å²) < 4.78 is 53.7. The number of alkyl halides is 3. The minimum Gasteiger partial charge on any atom is -0.591 e. The van der Waals surface area contributed by atoms with Crippen molar-refractivity contribution in [2.24, 2.45) is 4.40 Å². The van der Waals surface area contributed by atoms with Crippen molar-refractivity contribution in [3.8, 4) is 0 Å². The maximum atomic E-state index is 12.5. The van der Waals surface area contributed by atoms with Gasteiger partial charge in [-0.2, -0.15) is 13.2 Å². The van der Waals surface area contributed by atoms with Crippen molar-refractivity contribution in [1.82, 2.24) is 9.55 Å². The zero-order valence-electron chi connectivity index (χ0n) is 12.4. The summed E-state index contributed by atoms with van der Waals surface area (Å²) >= 11 is -1.40. The predicted molar refractivity (Wildman–Crippen MR) is 81.3 cm³/mol. The second kappa shape index (κ2) is 5.92. The Morgan fingerprint density at radius 1 is 1.36 bits per heavy atom. The molecule has 8 heteroatoms. The fourth-order valence-corrected chi connectivity index (χ4v) is 2.29. The van der Waals surface area contributed by atoms with E-state index >= 15 is 0 Å². The lowest BCUT2D eigenvalue weighted by Crippen LogP contribution is -2.25. The molecule has 22 heavy (non-hydrogen) atoms. The van der Waals surface area contributed by atoms with E-state index in [0.717, 1.165) is 4.57 Å². The third-order valence-corrected chi connectivity index (χ3v) is 4.18. The van der Waals surface area contributed by atoms with Crippen LogP contribution in [0.25, 0.3) is 10.9 Å². The number of pyridine rings is 1. The zero-order valence-corrected chi connectivity index (χ0v) is 13.2. The molecule has 4 nitrogen and oxygen atoms in total. The quantitative estimate of drug-likeness (QED) is 0.639. The third-order valence-electron chi connectivity index (χ3n) is 2.83. The average Bonchev–Trinajstić information content (AvgIpc) is 2.75. The van der Waals surface area contributed by atoms with Gasteiger partial charge in [0.15, 0.2) is 0 Å². The first-order chi connectivity index (χ1) is 10.1. The van der Waals surface area contributed by atoms with Gasteiger partial charge in [0, 0.05) is 11.6 Å². The fourth-order valence-electron chi connectivity index (χ4n) is 1.77. The molecule has 2 aromatic rings. The minimum atomic E-state index is -4.28.